The average Bonchev–Trinajstić information content (AvgIpc) is 2.75. The van der Waals surface area contributed by atoms with Gasteiger partial charge in [0, 0.05) is 59.8 Å². The van der Waals surface area contributed by atoms with Crippen LogP contribution in [0.5, 0.6) is 0 Å². The number of rotatable bonds is 5. The van der Waals surface area contributed by atoms with Gasteiger partial charge in [-0.1, -0.05) is 11.6 Å². The number of hydrogen-bond donors (Lipinski definition) is 2. The second-order valence-electron chi connectivity index (χ2n) is 7.71. The van der Waals surface area contributed by atoms with Crippen LogP contribution >= 0.6 is 11.6 Å². The second kappa shape index (κ2) is 8.99. The molecule has 0 unspecified atom stereocenters. The van der Waals surface area contributed by atoms with Crippen LogP contribution in [0.2, 0.25) is 5.02 Å². The van der Waals surface area contributed by atoms with E-state index in [0.717, 1.165) is 37.2 Å². The van der Waals surface area contributed by atoms with Crippen LogP contribution in [0.3, 0.4) is 0 Å². The summed E-state index contributed by atoms with van der Waals surface area (Å²) in [5.74, 6) is -0.775. The molecule has 1 atom stereocenters. The number of aromatic nitrogens is 2. The van der Waals surface area contributed by atoms with E-state index in [1.54, 1.807) is 30.6 Å². The Kier molecular flexibility index (Phi) is 6.15. The molecule has 1 saturated heterocycles. The maximum absolute atomic E-state index is 14.3. The van der Waals surface area contributed by atoms with Gasteiger partial charge in [-0.25, -0.2) is 9.37 Å². The van der Waals surface area contributed by atoms with Crippen molar-refractivity contribution >= 4 is 28.8 Å². The number of hydrogen-bond acceptors (Lipinski definition) is 6. The SMILES string of the molecule is Nc1ccc(-c2ccc(Cl)cc2F)nc1C(=O)Cc1cnccc1N1CCC[C@H](N)C1. The molecular formula is C23H23ClFN5O. The molecule has 0 bridgehead atoms. The van der Waals surface area contributed by atoms with Crippen molar-refractivity contribution in [3.63, 3.8) is 0 Å². The normalized spacial score (nSPS) is 16.4. The van der Waals surface area contributed by atoms with E-state index in [9.17, 15) is 9.18 Å². The lowest BCUT2D eigenvalue weighted by Gasteiger charge is -2.33. The summed E-state index contributed by atoms with van der Waals surface area (Å²) in [5.41, 5.74) is 14.8. The number of pyridine rings is 2. The van der Waals surface area contributed by atoms with Crippen LogP contribution in [0, 0.1) is 5.82 Å². The summed E-state index contributed by atoms with van der Waals surface area (Å²) < 4.78 is 14.3. The van der Waals surface area contributed by atoms with Gasteiger partial charge in [-0.2, -0.15) is 0 Å². The van der Waals surface area contributed by atoms with Crippen molar-refractivity contribution in [1.82, 2.24) is 9.97 Å². The molecule has 3 aromatic rings. The van der Waals surface area contributed by atoms with Gasteiger partial charge in [0.25, 0.3) is 0 Å². The topological polar surface area (TPSA) is 98.1 Å². The molecule has 0 spiro atoms. The van der Waals surface area contributed by atoms with Crippen LogP contribution in [-0.2, 0) is 6.42 Å². The van der Waals surface area contributed by atoms with Crippen molar-refractivity contribution in [1.29, 1.82) is 0 Å². The first-order chi connectivity index (χ1) is 14.9. The Bertz CT molecular complexity index is 1120. The number of ketones is 1. The molecule has 4 N–H and O–H groups in total. The summed E-state index contributed by atoms with van der Waals surface area (Å²) in [7, 11) is 0. The third-order valence-electron chi connectivity index (χ3n) is 5.43. The van der Waals surface area contributed by atoms with Crippen LogP contribution in [0.1, 0.15) is 28.9 Å². The summed E-state index contributed by atoms with van der Waals surface area (Å²) in [4.78, 5) is 23.9. The smallest absolute Gasteiger partial charge is 0.187 e. The van der Waals surface area contributed by atoms with E-state index in [2.05, 4.69) is 14.9 Å². The number of carbonyl (C=O) groups is 1. The highest BCUT2D eigenvalue weighted by Gasteiger charge is 2.22. The number of nitrogens with zero attached hydrogens (tertiary/aromatic N) is 3. The molecule has 4 rings (SSSR count). The van der Waals surface area contributed by atoms with E-state index in [1.807, 2.05) is 6.07 Å². The van der Waals surface area contributed by atoms with Gasteiger partial charge in [0.15, 0.2) is 5.78 Å². The highest BCUT2D eigenvalue weighted by molar-refractivity contribution is 6.30. The molecule has 0 radical (unpaired) electrons. The number of halogens is 2. The number of carbonyl (C=O) groups excluding carboxylic acids is 1. The zero-order valence-electron chi connectivity index (χ0n) is 16.9. The Hall–Kier alpha value is -3.03. The third kappa shape index (κ3) is 4.68. The molecule has 160 valence electrons. The first-order valence-electron chi connectivity index (χ1n) is 10.1. The van der Waals surface area contributed by atoms with Crippen LogP contribution in [-0.4, -0.2) is 34.9 Å². The van der Waals surface area contributed by atoms with E-state index >= 15 is 0 Å². The van der Waals surface area contributed by atoms with Crippen LogP contribution in [0.4, 0.5) is 15.8 Å². The Morgan fingerprint density at radius 1 is 1.26 bits per heavy atom. The van der Waals surface area contributed by atoms with E-state index in [4.69, 9.17) is 23.1 Å². The minimum Gasteiger partial charge on any atom is -0.397 e. The van der Waals surface area contributed by atoms with E-state index in [0.29, 0.717) is 5.69 Å². The number of Topliss-reactive ketones (excluding diaryl/α,β-unsaturated/α-hetero) is 1. The van der Waals surface area contributed by atoms with E-state index in [1.165, 1.54) is 12.1 Å². The molecule has 6 nitrogen and oxygen atoms in total. The standard InChI is InChI=1S/C23H23ClFN5O/c24-15-3-4-17(18(25)11-15)20-6-5-19(27)23(29-20)22(31)10-14-12-28-8-7-21(14)30-9-1-2-16(26)13-30/h3-8,11-12,16H,1-2,9-10,13,26-27H2/t16-/m0/s1. The number of nitrogens with two attached hydrogens (primary N) is 2. The largest absolute Gasteiger partial charge is 0.397 e. The zero-order chi connectivity index (χ0) is 22.0. The molecule has 0 saturated carbocycles. The number of nitrogen functional groups attached to an aromatic ring is 1. The van der Waals surface area contributed by atoms with Gasteiger partial charge in [-0.05, 0) is 49.2 Å². The molecule has 1 aromatic carbocycles. The molecule has 0 amide bonds. The van der Waals surface area contributed by atoms with Gasteiger partial charge in [0.1, 0.15) is 11.5 Å². The molecule has 0 aliphatic carbocycles. The van der Waals surface area contributed by atoms with E-state index in [-0.39, 0.29) is 40.2 Å². The molecule has 2 aromatic heterocycles. The minimum absolute atomic E-state index is 0.0820. The van der Waals surface area contributed by atoms with Crippen molar-refractivity contribution in [3.05, 3.63) is 70.9 Å². The summed E-state index contributed by atoms with van der Waals surface area (Å²) in [5, 5.41) is 0.287. The van der Waals surface area contributed by atoms with Gasteiger partial charge in [0.05, 0.1) is 11.4 Å². The van der Waals surface area contributed by atoms with Crippen LogP contribution < -0.4 is 16.4 Å². The molecule has 1 aliphatic rings. The van der Waals surface area contributed by atoms with Gasteiger partial charge < -0.3 is 16.4 Å². The van der Waals surface area contributed by atoms with Crippen LogP contribution in [0.15, 0.2) is 48.8 Å². The Morgan fingerprint density at radius 2 is 2.10 bits per heavy atom. The van der Waals surface area contributed by atoms with Crippen LogP contribution in [0.25, 0.3) is 11.3 Å². The predicted molar refractivity (Wildman–Crippen MR) is 121 cm³/mol. The van der Waals surface area contributed by atoms with E-state index < -0.39 is 5.82 Å². The van der Waals surface area contributed by atoms with Gasteiger partial charge in [0.2, 0.25) is 0 Å². The predicted octanol–water partition coefficient (Wildman–Crippen LogP) is 3.87. The van der Waals surface area contributed by atoms with Crippen molar-refractivity contribution in [2.45, 2.75) is 25.3 Å². The molecule has 3 heterocycles. The summed E-state index contributed by atoms with van der Waals surface area (Å²) in [6.07, 6.45) is 5.47. The minimum atomic E-state index is -0.515. The first kappa shape index (κ1) is 21.2. The van der Waals surface area contributed by atoms with Crippen molar-refractivity contribution in [2.75, 3.05) is 23.7 Å². The third-order valence-corrected chi connectivity index (χ3v) is 5.66. The second-order valence-corrected chi connectivity index (χ2v) is 8.15. The number of piperidine rings is 1. The van der Waals surface area contributed by atoms with Gasteiger partial charge >= 0.3 is 0 Å². The fraction of sp³-hybridized carbons (Fsp3) is 0.261. The number of anilines is 2. The monoisotopic (exact) mass is 439 g/mol. The molecule has 31 heavy (non-hydrogen) atoms. The maximum Gasteiger partial charge on any atom is 0.187 e. The van der Waals surface area contributed by atoms with Gasteiger partial charge in [-0.15, -0.1) is 0 Å². The molecule has 1 aliphatic heterocycles. The summed E-state index contributed by atoms with van der Waals surface area (Å²) >= 11 is 5.84. The highest BCUT2D eigenvalue weighted by Crippen LogP contribution is 2.28. The van der Waals surface area contributed by atoms with Crippen molar-refractivity contribution in [3.8, 4) is 11.3 Å². The Labute approximate surface area is 185 Å². The fourth-order valence-electron chi connectivity index (χ4n) is 3.89. The van der Waals surface area contributed by atoms with Gasteiger partial charge in [-0.3, -0.25) is 9.78 Å². The molecule has 1 fully saturated rings. The van der Waals surface area contributed by atoms with Crippen molar-refractivity contribution in [2.24, 2.45) is 5.73 Å². The lowest BCUT2D eigenvalue weighted by Crippen LogP contribution is -2.43. The Morgan fingerprint density at radius 3 is 2.87 bits per heavy atom. The first-order valence-corrected chi connectivity index (χ1v) is 10.5. The fourth-order valence-corrected chi connectivity index (χ4v) is 4.05. The highest BCUT2D eigenvalue weighted by atomic mass is 35.5. The lowest BCUT2D eigenvalue weighted by molar-refractivity contribution is 0.0989. The molecule has 8 heteroatoms. The lowest BCUT2D eigenvalue weighted by atomic mass is 10.0. The maximum atomic E-state index is 14.3. The Balaban J connectivity index is 1.63. The average molecular weight is 440 g/mol. The summed E-state index contributed by atoms with van der Waals surface area (Å²) in [6.45, 7) is 1.61. The quantitative estimate of drug-likeness (QED) is 0.585. The van der Waals surface area contributed by atoms with Crippen molar-refractivity contribution < 1.29 is 9.18 Å². The number of benzene rings is 1. The zero-order valence-corrected chi connectivity index (χ0v) is 17.6. The molecular weight excluding hydrogens is 417 g/mol. The summed E-state index contributed by atoms with van der Waals surface area (Å²) in [6, 6.07) is 9.47.